The molecular weight excluding hydrogens is 608 g/mol. The Morgan fingerprint density at radius 2 is 0.735 bits per heavy atom. The highest BCUT2D eigenvalue weighted by Crippen LogP contribution is 2.50. The minimum Gasteiger partial charge on any atom is -0.0616 e. The van der Waals surface area contributed by atoms with Gasteiger partial charge < -0.3 is 0 Å². The summed E-state index contributed by atoms with van der Waals surface area (Å²) in [5.41, 5.74) is 5.38. The van der Waals surface area contributed by atoms with Crippen molar-refractivity contribution in [1.82, 2.24) is 0 Å². The van der Waals surface area contributed by atoms with E-state index in [1.54, 1.807) is 0 Å². The van der Waals surface area contributed by atoms with Gasteiger partial charge in [0.2, 0.25) is 0 Å². The highest BCUT2D eigenvalue weighted by Gasteiger charge is 2.26. The van der Waals surface area contributed by atoms with Crippen LogP contribution in [0.25, 0.3) is 86.9 Å². The van der Waals surface area contributed by atoms with Crippen LogP contribution in [0.4, 0.5) is 0 Å². The molecule has 1 heteroatoms. The summed E-state index contributed by atoms with van der Waals surface area (Å²) in [6.07, 6.45) is 0. The summed E-state index contributed by atoms with van der Waals surface area (Å²) in [5.74, 6) is 0. The highest BCUT2D eigenvalue weighted by atomic mass is 31.1. The molecule has 1 aliphatic rings. The standard InChI is InChI=1S/C48H29P/c1-3-14-34-30(12-1)27-46(40-20-9-7-16-36(34)40)49(47-28-31-13-2-4-15-35(31)37-17-8-10-21-41(37)47)33-25-24-32-26-45-39-19-6-5-18-38(39)42-22-11-23-43(48(42)45)44(32)29-33/h1-29H. The van der Waals surface area contributed by atoms with E-state index in [0.717, 1.165) is 0 Å². The van der Waals surface area contributed by atoms with Gasteiger partial charge in [-0.05, 0) is 135 Å². The van der Waals surface area contributed by atoms with Gasteiger partial charge in [-0.2, -0.15) is 0 Å². The lowest BCUT2D eigenvalue weighted by Crippen LogP contribution is -2.22. The Labute approximate surface area is 285 Å². The largest absolute Gasteiger partial charge is 0.0616 e. The summed E-state index contributed by atoms with van der Waals surface area (Å²) >= 11 is 0. The first-order valence-corrected chi connectivity index (χ1v) is 18.4. The van der Waals surface area contributed by atoms with Crippen LogP contribution < -0.4 is 15.9 Å². The molecule has 0 nitrogen and oxygen atoms in total. The van der Waals surface area contributed by atoms with Crippen LogP contribution in [0.5, 0.6) is 0 Å². The van der Waals surface area contributed by atoms with Gasteiger partial charge in [0.25, 0.3) is 0 Å². The van der Waals surface area contributed by atoms with Gasteiger partial charge in [0, 0.05) is 0 Å². The normalized spacial score (nSPS) is 12.3. The average Bonchev–Trinajstić information content (AvgIpc) is 3.49. The Morgan fingerprint density at radius 1 is 0.265 bits per heavy atom. The van der Waals surface area contributed by atoms with Gasteiger partial charge in [0.05, 0.1) is 0 Å². The second kappa shape index (κ2) is 10.3. The highest BCUT2D eigenvalue weighted by molar-refractivity contribution is 7.80. The summed E-state index contributed by atoms with van der Waals surface area (Å²) in [6.45, 7) is 0. The molecule has 1 aliphatic carbocycles. The minimum atomic E-state index is -0.967. The smallest absolute Gasteiger partial charge is 0.00199 e. The Morgan fingerprint density at radius 3 is 1.37 bits per heavy atom. The zero-order chi connectivity index (χ0) is 32.1. The average molecular weight is 637 g/mol. The van der Waals surface area contributed by atoms with E-state index in [0.29, 0.717) is 0 Å². The maximum absolute atomic E-state index is 2.53. The SMILES string of the molecule is c1ccc2c(c1)-c1cccc3c1c-2cc1ccc(P(c2cc4ccccc4c4ccccc24)c2cc4ccccc4c4ccccc24)cc13. The third-order valence-corrected chi connectivity index (χ3v) is 13.2. The maximum atomic E-state index is 2.53. The molecule has 0 bridgehead atoms. The first-order chi connectivity index (χ1) is 24.3. The summed E-state index contributed by atoms with van der Waals surface area (Å²) < 4.78 is 0. The lowest BCUT2D eigenvalue weighted by Gasteiger charge is -2.25. The van der Waals surface area contributed by atoms with Crippen LogP contribution in [0.1, 0.15) is 0 Å². The molecule has 0 atom stereocenters. The second-order valence-corrected chi connectivity index (χ2v) is 15.4. The van der Waals surface area contributed by atoms with Gasteiger partial charge >= 0.3 is 0 Å². The molecule has 0 aromatic heterocycles. The summed E-state index contributed by atoms with van der Waals surface area (Å²) in [4.78, 5) is 0. The molecule has 0 saturated carbocycles. The molecule has 0 saturated heterocycles. The number of hydrogen-bond donors (Lipinski definition) is 0. The molecule has 49 heavy (non-hydrogen) atoms. The zero-order valence-electron chi connectivity index (χ0n) is 26.7. The van der Waals surface area contributed by atoms with Crippen LogP contribution in [-0.4, -0.2) is 0 Å². The van der Waals surface area contributed by atoms with E-state index in [-0.39, 0.29) is 0 Å². The van der Waals surface area contributed by atoms with Crippen LogP contribution in [0.2, 0.25) is 0 Å². The van der Waals surface area contributed by atoms with E-state index in [1.165, 1.54) is 103 Å². The van der Waals surface area contributed by atoms with Crippen LogP contribution in [0, 0.1) is 0 Å². The van der Waals surface area contributed by atoms with Gasteiger partial charge in [-0.25, -0.2) is 0 Å². The minimum absolute atomic E-state index is 0.967. The summed E-state index contributed by atoms with van der Waals surface area (Å²) in [6, 6.07) is 66.3. The predicted molar refractivity (Wildman–Crippen MR) is 215 cm³/mol. The molecule has 0 spiro atoms. The predicted octanol–water partition coefficient (Wildman–Crippen LogP) is 12.0. The summed E-state index contributed by atoms with van der Waals surface area (Å²) in [5, 5.41) is 20.0. The number of benzene rings is 10. The lowest BCUT2D eigenvalue weighted by atomic mass is 9.96. The fraction of sp³-hybridized carbons (Fsp3) is 0. The van der Waals surface area contributed by atoms with E-state index >= 15 is 0 Å². The van der Waals surface area contributed by atoms with Crippen molar-refractivity contribution in [2.45, 2.75) is 0 Å². The third kappa shape index (κ3) is 3.90. The molecule has 11 rings (SSSR count). The Bertz CT molecular complexity index is 2890. The van der Waals surface area contributed by atoms with E-state index < -0.39 is 7.92 Å². The Hall–Kier alpha value is -5.81. The number of rotatable bonds is 3. The quantitative estimate of drug-likeness (QED) is 0.134. The van der Waals surface area contributed by atoms with Crippen molar-refractivity contribution in [2.24, 2.45) is 0 Å². The molecule has 0 N–H and O–H groups in total. The van der Waals surface area contributed by atoms with Gasteiger partial charge in [0.15, 0.2) is 0 Å². The van der Waals surface area contributed by atoms with Crippen molar-refractivity contribution in [3.63, 3.8) is 0 Å². The molecule has 10 aromatic rings. The van der Waals surface area contributed by atoms with Crippen LogP contribution in [-0.2, 0) is 0 Å². The van der Waals surface area contributed by atoms with Gasteiger partial charge in [-0.3, -0.25) is 0 Å². The molecular formula is C48H29P. The van der Waals surface area contributed by atoms with Gasteiger partial charge in [-0.1, -0.05) is 152 Å². The van der Waals surface area contributed by atoms with Crippen LogP contribution in [0.3, 0.4) is 0 Å². The van der Waals surface area contributed by atoms with Crippen molar-refractivity contribution in [2.75, 3.05) is 0 Å². The fourth-order valence-corrected chi connectivity index (χ4v) is 11.3. The van der Waals surface area contributed by atoms with Crippen molar-refractivity contribution < 1.29 is 0 Å². The van der Waals surface area contributed by atoms with E-state index in [4.69, 9.17) is 0 Å². The molecule has 0 unspecified atom stereocenters. The first-order valence-electron chi connectivity index (χ1n) is 17.0. The topological polar surface area (TPSA) is 0 Å². The summed E-state index contributed by atoms with van der Waals surface area (Å²) in [7, 11) is -0.967. The van der Waals surface area contributed by atoms with E-state index in [2.05, 4.69) is 176 Å². The third-order valence-electron chi connectivity index (χ3n) is 10.7. The van der Waals surface area contributed by atoms with E-state index in [1.807, 2.05) is 0 Å². The Kier molecular flexibility index (Phi) is 5.74. The molecule has 0 amide bonds. The van der Waals surface area contributed by atoms with Gasteiger partial charge in [0.1, 0.15) is 0 Å². The van der Waals surface area contributed by atoms with Crippen molar-refractivity contribution in [3.8, 4) is 22.3 Å². The maximum Gasteiger partial charge on any atom is -0.00199 e. The second-order valence-electron chi connectivity index (χ2n) is 13.3. The molecule has 10 aromatic carbocycles. The van der Waals surface area contributed by atoms with Crippen LogP contribution in [0.15, 0.2) is 176 Å². The van der Waals surface area contributed by atoms with Crippen molar-refractivity contribution >= 4 is 88.5 Å². The van der Waals surface area contributed by atoms with Crippen molar-refractivity contribution in [3.05, 3.63) is 176 Å². The number of hydrogen-bond acceptors (Lipinski definition) is 0. The molecule has 226 valence electrons. The zero-order valence-corrected chi connectivity index (χ0v) is 27.6. The molecule has 0 fully saturated rings. The fourth-order valence-electron chi connectivity index (χ4n) is 8.57. The number of fused-ring (bicyclic) bond motifs is 11. The van der Waals surface area contributed by atoms with E-state index in [9.17, 15) is 0 Å². The molecule has 0 radical (unpaired) electrons. The monoisotopic (exact) mass is 636 g/mol. The Balaban J connectivity index is 1.27. The lowest BCUT2D eigenvalue weighted by molar-refractivity contribution is 1.70. The molecule has 0 heterocycles. The molecule has 0 aliphatic heterocycles. The van der Waals surface area contributed by atoms with Gasteiger partial charge in [-0.15, -0.1) is 0 Å². The van der Waals surface area contributed by atoms with Crippen molar-refractivity contribution in [1.29, 1.82) is 0 Å². The van der Waals surface area contributed by atoms with Crippen LogP contribution >= 0.6 is 7.92 Å². The first kappa shape index (κ1) is 27.2.